The molecule has 0 bridgehead atoms. The average Bonchev–Trinajstić information content (AvgIpc) is 2.95. The molecule has 1 saturated carbocycles. The number of hydrogen-bond acceptors (Lipinski definition) is 5. The molecule has 0 aromatic heterocycles. The van der Waals surface area contributed by atoms with Crippen molar-refractivity contribution < 1.29 is 19.1 Å². The maximum Gasteiger partial charge on any atom is 0.313 e. The fourth-order valence-electron chi connectivity index (χ4n) is 5.65. The number of fused-ring (bicyclic) bond motifs is 1. The third-order valence-corrected chi connectivity index (χ3v) is 6.98. The summed E-state index contributed by atoms with van der Waals surface area (Å²) in [6, 6.07) is 0.584. The van der Waals surface area contributed by atoms with Crippen LogP contribution in [0.2, 0.25) is 0 Å². The molecule has 3 atom stereocenters. The standard InChI is InChI=1S/C20H31NO4/c22-18-13-16(20(25-18)9-3-1-4-10-20)19(23)24-14-15-7-6-12-21-11-5-2-8-17(15)21/h15-17H,1-14H2/t15-,16+,17+/m0/s1. The van der Waals surface area contributed by atoms with Crippen LogP contribution >= 0.6 is 0 Å². The normalized spacial score (nSPS) is 35.2. The van der Waals surface area contributed by atoms with Crippen molar-refractivity contribution in [3.8, 4) is 0 Å². The van der Waals surface area contributed by atoms with E-state index in [0.717, 1.165) is 32.1 Å². The summed E-state index contributed by atoms with van der Waals surface area (Å²) < 4.78 is 11.4. The molecule has 0 aromatic carbocycles. The van der Waals surface area contributed by atoms with Gasteiger partial charge in [-0.05, 0) is 64.5 Å². The zero-order valence-electron chi connectivity index (χ0n) is 15.2. The van der Waals surface area contributed by atoms with Crippen LogP contribution < -0.4 is 0 Å². The Morgan fingerprint density at radius 1 is 1.08 bits per heavy atom. The van der Waals surface area contributed by atoms with Gasteiger partial charge >= 0.3 is 11.9 Å². The first-order chi connectivity index (χ1) is 12.2. The highest BCUT2D eigenvalue weighted by Gasteiger charge is 2.53. The Hall–Kier alpha value is -1.10. The van der Waals surface area contributed by atoms with E-state index >= 15 is 0 Å². The molecule has 25 heavy (non-hydrogen) atoms. The molecule has 0 amide bonds. The van der Waals surface area contributed by atoms with Crippen molar-refractivity contribution in [2.45, 2.75) is 82.3 Å². The van der Waals surface area contributed by atoms with Crippen molar-refractivity contribution in [3.63, 3.8) is 0 Å². The molecule has 5 heteroatoms. The van der Waals surface area contributed by atoms with Crippen molar-refractivity contribution >= 4 is 11.9 Å². The number of ether oxygens (including phenoxy) is 2. The molecule has 0 N–H and O–H groups in total. The molecule has 3 aliphatic heterocycles. The molecular formula is C20H31NO4. The van der Waals surface area contributed by atoms with E-state index in [1.165, 1.54) is 45.2 Å². The van der Waals surface area contributed by atoms with Crippen LogP contribution in [0, 0.1) is 11.8 Å². The van der Waals surface area contributed by atoms with Gasteiger partial charge in [-0.15, -0.1) is 0 Å². The van der Waals surface area contributed by atoms with Gasteiger partial charge in [0.15, 0.2) is 0 Å². The van der Waals surface area contributed by atoms with Crippen LogP contribution in [0.15, 0.2) is 0 Å². The number of rotatable bonds is 3. The zero-order chi connectivity index (χ0) is 17.3. The Labute approximate surface area is 150 Å². The lowest BCUT2D eigenvalue weighted by atomic mass is 9.76. The minimum Gasteiger partial charge on any atom is -0.465 e. The van der Waals surface area contributed by atoms with E-state index in [0.29, 0.717) is 18.6 Å². The van der Waals surface area contributed by atoms with E-state index in [1.807, 2.05) is 0 Å². The van der Waals surface area contributed by atoms with E-state index < -0.39 is 5.60 Å². The first kappa shape index (κ1) is 17.3. The number of nitrogens with zero attached hydrogens (tertiary/aromatic N) is 1. The fourth-order valence-corrected chi connectivity index (χ4v) is 5.65. The summed E-state index contributed by atoms with van der Waals surface area (Å²) in [5, 5.41) is 0. The molecule has 5 nitrogen and oxygen atoms in total. The van der Waals surface area contributed by atoms with Gasteiger partial charge in [-0.1, -0.05) is 12.8 Å². The van der Waals surface area contributed by atoms with Crippen LogP contribution in [0.5, 0.6) is 0 Å². The fraction of sp³-hybridized carbons (Fsp3) is 0.900. The van der Waals surface area contributed by atoms with Crippen molar-refractivity contribution in [2.24, 2.45) is 11.8 Å². The predicted octanol–water partition coefficient (Wildman–Crippen LogP) is 3.06. The van der Waals surface area contributed by atoms with E-state index in [9.17, 15) is 9.59 Å². The predicted molar refractivity (Wildman–Crippen MR) is 92.9 cm³/mol. The minimum absolute atomic E-state index is 0.194. The van der Waals surface area contributed by atoms with Gasteiger partial charge in [0.25, 0.3) is 0 Å². The second-order valence-corrected chi connectivity index (χ2v) is 8.49. The molecular weight excluding hydrogens is 318 g/mol. The van der Waals surface area contributed by atoms with E-state index in [2.05, 4.69) is 4.90 Å². The van der Waals surface area contributed by atoms with Crippen molar-refractivity contribution in [1.82, 2.24) is 4.90 Å². The molecule has 3 heterocycles. The highest BCUT2D eigenvalue weighted by molar-refractivity contribution is 5.84. The lowest BCUT2D eigenvalue weighted by Gasteiger charge is -2.44. The zero-order valence-corrected chi connectivity index (χ0v) is 15.2. The Balaban J connectivity index is 1.37. The summed E-state index contributed by atoms with van der Waals surface area (Å²) in [4.78, 5) is 27.3. The van der Waals surface area contributed by atoms with Crippen LogP contribution in [0.1, 0.15) is 70.6 Å². The molecule has 1 spiro atoms. The molecule has 140 valence electrons. The van der Waals surface area contributed by atoms with Gasteiger partial charge in [-0.3, -0.25) is 14.5 Å². The highest BCUT2D eigenvalue weighted by Crippen LogP contribution is 2.44. The molecule has 1 aliphatic carbocycles. The smallest absolute Gasteiger partial charge is 0.313 e. The molecule has 3 saturated heterocycles. The summed E-state index contributed by atoms with van der Waals surface area (Å²) in [6.45, 7) is 2.91. The lowest BCUT2D eigenvalue weighted by molar-refractivity contribution is -0.163. The highest BCUT2D eigenvalue weighted by atomic mass is 16.6. The van der Waals surface area contributed by atoms with Crippen LogP contribution in [-0.4, -0.2) is 48.2 Å². The third kappa shape index (κ3) is 3.44. The Bertz CT molecular complexity index is 512. The summed E-state index contributed by atoms with van der Waals surface area (Å²) >= 11 is 0. The van der Waals surface area contributed by atoms with E-state index in [1.54, 1.807) is 0 Å². The SMILES string of the molecule is O=C1C[C@H](C(=O)OC[C@@H]2CCCN3CCCC[C@H]23)C2(CCCCC2)O1. The third-order valence-electron chi connectivity index (χ3n) is 6.98. The molecule has 0 radical (unpaired) electrons. The largest absolute Gasteiger partial charge is 0.465 e. The quantitative estimate of drug-likeness (QED) is 0.733. The van der Waals surface area contributed by atoms with Crippen molar-refractivity contribution in [2.75, 3.05) is 19.7 Å². The van der Waals surface area contributed by atoms with Crippen molar-refractivity contribution in [1.29, 1.82) is 0 Å². The molecule has 4 aliphatic rings. The van der Waals surface area contributed by atoms with Gasteiger partial charge in [-0.25, -0.2) is 0 Å². The van der Waals surface area contributed by atoms with Gasteiger partial charge < -0.3 is 9.47 Å². The first-order valence-corrected chi connectivity index (χ1v) is 10.3. The number of carbonyl (C=O) groups excluding carboxylic acids is 2. The van der Waals surface area contributed by atoms with Crippen LogP contribution in [-0.2, 0) is 19.1 Å². The van der Waals surface area contributed by atoms with Gasteiger partial charge in [0.05, 0.1) is 13.0 Å². The van der Waals surface area contributed by atoms with Crippen LogP contribution in [0.3, 0.4) is 0 Å². The van der Waals surface area contributed by atoms with E-state index in [4.69, 9.17) is 9.47 Å². The number of carbonyl (C=O) groups is 2. The van der Waals surface area contributed by atoms with Gasteiger partial charge in [0.2, 0.25) is 0 Å². The molecule has 4 fully saturated rings. The first-order valence-electron chi connectivity index (χ1n) is 10.3. The average molecular weight is 349 g/mol. The monoisotopic (exact) mass is 349 g/mol. The summed E-state index contributed by atoms with van der Waals surface area (Å²) in [7, 11) is 0. The second-order valence-electron chi connectivity index (χ2n) is 8.49. The maximum atomic E-state index is 12.8. The number of esters is 2. The number of piperidine rings is 2. The lowest BCUT2D eigenvalue weighted by Crippen LogP contribution is -2.49. The van der Waals surface area contributed by atoms with Crippen LogP contribution in [0.4, 0.5) is 0 Å². The Morgan fingerprint density at radius 3 is 2.72 bits per heavy atom. The van der Waals surface area contributed by atoms with E-state index in [-0.39, 0.29) is 24.3 Å². The summed E-state index contributed by atoms with van der Waals surface area (Å²) in [5.41, 5.74) is -0.560. The topological polar surface area (TPSA) is 55.8 Å². The Kier molecular flexibility index (Phi) is 5.03. The molecule has 4 rings (SSSR count). The minimum atomic E-state index is -0.560. The van der Waals surface area contributed by atoms with Crippen LogP contribution in [0.25, 0.3) is 0 Å². The molecule has 0 aromatic rings. The van der Waals surface area contributed by atoms with Gasteiger partial charge in [0, 0.05) is 12.0 Å². The number of hydrogen-bond donors (Lipinski definition) is 0. The van der Waals surface area contributed by atoms with Crippen molar-refractivity contribution in [3.05, 3.63) is 0 Å². The summed E-state index contributed by atoms with van der Waals surface area (Å²) in [6.07, 6.45) is 11.3. The maximum absolute atomic E-state index is 12.8. The van der Waals surface area contributed by atoms with Gasteiger partial charge in [0.1, 0.15) is 11.5 Å². The Morgan fingerprint density at radius 2 is 1.88 bits per heavy atom. The molecule has 0 unspecified atom stereocenters. The second kappa shape index (κ2) is 7.26. The summed E-state index contributed by atoms with van der Waals surface area (Å²) in [5.74, 6) is -0.342. The van der Waals surface area contributed by atoms with Gasteiger partial charge in [-0.2, -0.15) is 0 Å².